The van der Waals surface area contributed by atoms with Crippen LogP contribution in [0.15, 0.2) is 6.07 Å². The van der Waals surface area contributed by atoms with Crippen molar-refractivity contribution in [2.45, 2.75) is 58.9 Å². The monoisotopic (exact) mass is 293 g/mol. The molecule has 1 atom stereocenters. The topological polar surface area (TPSA) is 56.1 Å². The second kappa shape index (κ2) is 5.44. The van der Waals surface area contributed by atoms with Crippen LogP contribution in [0.4, 0.5) is 5.82 Å². The number of hydrogen-bond donors (Lipinski definition) is 1. The number of rotatable bonds is 2. The van der Waals surface area contributed by atoms with Crippen LogP contribution in [0.1, 0.15) is 53.7 Å². The summed E-state index contributed by atoms with van der Waals surface area (Å²) in [6.45, 7) is 13.8. The van der Waals surface area contributed by atoms with Crippen LogP contribution < -0.4 is 5.32 Å². The highest BCUT2D eigenvalue weighted by Gasteiger charge is 2.28. The molecule has 1 fully saturated rings. The summed E-state index contributed by atoms with van der Waals surface area (Å²) in [7, 11) is 0. The highest BCUT2D eigenvalue weighted by Crippen LogP contribution is 2.28. The molecule has 0 aromatic carbocycles. The predicted molar refractivity (Wildman–Crippen MR) is 83.5 cm³/mol. The second-order valence-electron chi connectivity index (χ2n) is 7.80. The maximum atomic E-state index is 12.3. The van der Waals surface area contributed by atoms with E-state index >= 15 is 0 Å². The minimum atomic E-state index is -0.182. The zero-order valence-corrected chi connectivity index (χ0v) is 14.0. The maximum Gasteiger partial charge on any atom is 0.231 e. The molecule has 1 saturated heterocycles. The van der Waals surface area contributed by atoms with E-state index in [0.717, 1.165) is 17.9 Å². The van der Waals surface area contributed by atoms with E-state index in [2.05, 4.69) is 46.9 Å². The summed E-state index contributed by atoms with van der Waals surface area (Å²) in [6, 6.07) is 1.99. The van der Waals surface area contributed by atoms with E-state index in [1.54, 1.807) is 0 Å². The number of nitrogens with zero attached hydrogens (tertiary/aromatic N) is 2. The quantitative estimate of drug-likeness (QED) is 0.912. The van der Waals surface area contributed by atoms with Gasteiger partial charge < -0.3 is 10.1 Å². The molecule has 0 radical (unpaired) electrons. The fraction of sp³-hybridized carbons (Fsp3) is 0.750. The van der Waals surface area contributed by atoms with E-state index in [0.29, 0.717) is 13.2 Å². The SMILES string of the molecule is CC(C)(C)c1cc(NC(=O)C2CCOC2)n(C(C)(C)C)n1. The maximum absolute atomic E-state index is 12.3. The number of amides is 1. The van der Waals surface area contributed by atoms with Gasteiger partial charge in [-0.3, -0.25) is 4.79 Å². The van der Waals surface area contributed by atoms with Gasteiger partial charge in [-0.05, 0) is 27.2 Å². The fourth-order valence-electron chi connectivity index (χ4n) is 2.32. The van der Waals surface area contributed by atoms with Crippen molar-refractivity contribution in [1.82, 2.24) is 9.78 Å². The molecule has 0 bridgehead atoms. The molecule has 5 heteroatoms. The lowest BCUT2D eigenvalue weighted by molar-refractivity contribution is -0.119. The van der Waals surface area contributed by atoms with Crippen LogP contribution in [0, 0.1) is 5.92 Å². The Morgan fingerprint density at radius 2 is 2.00 bits per heavy atom. The number of nitrogens with one attached hydrogen (secondary N) is 1. The molecule has 1 aromatic rings. The Kier molecular flexibility index (Phi) is 4.15. The van der Waals surface area contributed by atoms with E-state index in [9.17, 15) is 4.79 Å². The van der Waals surface area contributed by atoms with Crippen molar-refractivity contribution in [2.75, 3.05) is 18.5 Å². The molecule has 1 amide bonds. The molecule has 1 unspecified atom stereocenters. The third-order valence-electron chi connectivity index (χ3n) is 3.66. The summed E-state index contributed by atoms with van der Waals surface area (Å²) >= 11 is 0. The van der Waals surface area contributed by atoms with Gasteiger partial charge in [0, 0.05) is 18.1 Å². The Labute approximate surface area is 127 Å². The highest BCUT2D eigenvalue weighted by atomic mass is 16.5. The summed E-state index contributed by atoms with van der Waals surface area (Å²) in [5.41, 5.74) is 0.750. The first-order chi connectivity index (χ1) is 9.59. The number of anilines is 1. The Hall–Kier alpha value is -1.36. The van der Waals surface area contributed by atoms with Crippen molar-refractivity contribution in [3.63, 3.8) is 0 Å². The molecule has 0 spiro atoms. The summed E-state index contributed by atoms with van der Waals surface area (Å²) in [6.07, 6.45) is 0.793. The standard InChI is InChI=1S/C16H27N3O2/c1-15(2,3)12-9-13(19(18-12)16(4,5)6)17-14(20)11-7-8-21-10-11/h9,11H,7-8,10H2,1-6H3,(H,17,20). The Morgan fingerprint density at radius 3 is 2.48 bits per heavy atom. The normalized spacial score (nSPS) is 19.8. The van der Waals surface area contributed by atoms with Gasteiger partial charge in [0.15, 0.2) is 0 Å². The van der Waals surface area contributed by atoms with Crippen molar-refractivity contribution in [1.29, 1.82) is 0 Å². The van der Waals surface area contributed by atoms with Gasteiger partial charge in [-0.15, -0.1) is 0 Å². The summed E-state index contributed by atoms with van der Waals surface area (Å²) in [4.78, 5) is 12.3. The first-order valence-electron chi connectivity index (χ1n) is 7.58. The largest absolute Gasteiger partial charge is 0.381 e. The summed E-state index contributed by atoms with van der Waals surface area (Å²) in [5, 5.41) is 7.74. The number of hydrogen-bond acceptors (Lipinski definition) is 3. The Morgan fingerprint density at radius 1 is 1.33 bits per heavy atom. The molecule has 118 valence electrons. The van der Waals surface area contributed by atoms with Gasteiger partial charge in [-0.25, -0.2) is 4.68 Å². The lowest BCUT2D eigenvalue weighted by atomic mass is 9.92. The zero-order valence-electron chi connectivity index (χ0n) is 14.0. The number of ether oxygens (including phenoxy) is 1. The number of carbonyl (C=O) groups excluding carboxylic acids is 1. The zero-order chi connectivity index (χ0) is 15.8. The molecule has 0 saturated carbocycles. The predicted octanol–water partition coefficient (Wildman–Crippen LogP) is 2.91. The van der Waals surface area contributed by atoms with Crippen molar-refractivity contribution >= 4 is 11.7 Å². The van der Waals surface area contributed by atoms with Crippen LogP contribution in [-0.2, 0) is 20.5 Å². The molecule has 1 aliphatic heterocycles. The summed E-state index contributed by atoms with van der Waals surface area (Å²) < 4.78 is 7.19. The van der Waals surface area contributed by atoms with Gasteiger partial charge in [0.05, 0.1) is 23.8 Å². The van der Waals surface area contributed by atoms with E-state index in [1.807, 2.05) is 10.7 Å². The van der Waals surface area contributed by atoms with E-state index in [1.165, 1.54) is 0 Å². The Balaban J connectivity index is 2.28. The number of aromatic nitrogens is 2. The molecule has 1 aliphatic rings. The van der Waals surface area contributed by atoms with Crippen LogP contribution in [-0.4, -0.2) is 28.9 Å². The van der Waals surface area contributed by atoms with Gasteiger partial charge in [0.1, 0.15) is 5.82 Å². The molecule has 1 aromatic heterocycles. The van der Waals surface area contributed by atoms with Crippen LogP contribution in [0.5, 0.6) is 0 Å². The molecule has 0 aliphatic carbocycles. The summed E-state index contributed by atoms with van der Waals surface area (Å²) in [5.74, 6) is 0.745. The molecule has 5 nitrogen and oxygen atoms in total. The fourth-order valence-corrected chi connectivity index (χ4v) is 2.32. The average molecular weight is 293 g/mol. The van der Waals surface area contributed by atoms with Gasteiger partial charge in [-0.1, -0.05) is 20.8 Å². The van der Waals surface area contributed by atoms with Crippen LogP contribution in [0.2, 0.25) is 0 Å². The van der Waals surface area contributed by atoms with Crippen LogP contribution >= 0.6 is 0 Å². The van der Waals surface area contributed by atoms with Gasteiger partial charge in [-0.2, -0.15) is 5.10 Å². The van der Waals surface area contributed by atoms with E-state index < -0.39 is 0 Å². The van der Waals surface area contributed by atoms with Crippen molar-refractivity contribution in [3.05, 3.63) is 11.8 Å². The van der Waals surface area contributed by atoms with Crippen LogP contribution in [0.25, 0.3) is 0 Å². The minimum absolute atomic E-state index is 0.0263. The van der Waals surface area contributed by atoms with Gasteiger partial charge >= 0.3 is 0 Å². The highest BCUT2D eigenvalue weighted by molar-refractivity contribution is 5.92. The third kappa shape index (κ3) is 3.64. The second-order valence-corrected chi connectivity index (χ2v) is 7.80. The smallest absolute Gasteiger partial charge is 0.231 e. The number of carbonyl (C=O) groups is 1. The molecular weight excluding hydrogens is 266 g/mol. The molecule has 2 heterocycles. The average Bonchev–Trinajstić information content (AvgIpc) is 2.94. The molecule has 2 rings (SSSR count). The first kappa shape index (κ1) is 16.0. The minimum Gasteiger partial charge on any atom is -0.381 e. The molecule has 21 heavy (non-hydrogen) atoms. The Bertz CT molecular complexity index is 515. The van der Waals surface area contributed by atoms with Crippen molar-refractivity contribution < 1.29 is 9.53 Å². The van der Waals surface area contributed by atoms with Gasteiger partial charge in [0.25, 0.3) is 0 Å². The van der Waals surface area contributed by atoms with Crippen LogP contribution in [0.3, 0.4) is 0 Å². The van der Waals surface area contributed by atoms with E-state index in [4.69, 9.17) is 9.84 Å². The lowest BCUT2D eigenvalue weighted by Crippen LogP contribution is -2.29. The third-order valence-corrected chi connectivity index (χ3v) is 3.66. The van der Waals surface area contributed by atoms with Gasteiger partial charge in [0.2, 0.25) is 5.91 Å². The molecule has 1 N–H and O–H groups in total. The van der Waals surface area contributed by atoms with E-state index in [-0.39, 0.29) is 22.8 Å². The van der Waals surface area contributed by atoms with Crippen molar-refractivity contribution in [3.8, 4) is 0 Å². The molecular formula is C16H27N3O2. The first-order valence-corrected chi connectivity index (χ1v) is 7.58. The lowest BCUT2D eigenvalue weighted by Gasteiger charge is -2.23. The van der Waals surface area contributed by atoms with Crippen molar-refractivity contribution in [2.24, 2.45) is 5.92 Å².